The highest BCUT2D eigenvalue weighted by Crippen LogP contribution is 2.20. The second-order valence-electron chi connectivity index (χ2n) is 4.82. The van der Waals surface area contributed by atoms with E-state index in [4.69, 9.17) is 10.2 Å². The summed E-state index contributed by atoms with van der Waals surface area (Å²) in [6, 6.07) is 6.16. The molecule has 0 saturated heterocycles. The molecule has 2 rings (SSSR count). The molecule has 9 nitrogen and oxygen atoms in total. The van der Waals surface area contributed by atoms with Gasteiger partial charge in [-0.1, -0.05) is 12.1 Å². The van der Waals surface area contributed by atoms with Crippen LogP contribution in [0.5, 0.6) is 0 Å². The molecule has 0 atom stereocenters. The van der Waals surface area contributed by atoms with Gasteiger partial charge in [-0.25, -0.2) is 0 Å². The lowest BCUT2D eigenvalue weighted by atomic mass is 10.1. The topological polar surface area (TPSA) is 136 Å². The number of carbonyl (C=O) groups excluding carboxylic acids is 3. The Hall–Kier alpha value is -3.20. The Labute approximate surface area is 136 Å². The third kappa shape index (κ3) is 3.76. The molecule has 0 aromatic heterocycles. The number of carboxylic acids is 1. The first-order valence-corrected chi connectivity index (χ1v) is 6.98. The third-order valence-electron chi connectivity index (χ3n) is 3.17. The van der Waals surface area contributed by atoms with Crippen LogP contribution in [0.2, 0.25) is 0 Å². The zero-order valence-electron chi connectivity index (χ0n) is 12.5. The number of amides is 3. The van der Waals surface area contributed by atoms with E-state index in [1.165, 1.54) is 12.1 Å². The Bertz CT molecular complexity index is 728. The van der Waals surface area contributed by atoms with Gasteiger partial charge in [0.25, 0.3) is 17.7 Å². The standard InChI is InChI=1S/C15H15N3O6/c19-6-5-18-12(20)7-11(15(18)24)17-10-4-2-1-3-9(10)14(23)16-8-13(21)22/h1-4,7,17,19H,5-6,8H2,(H,16,23)(H,21,22). The number of rotatable bonds is 7. The summed E-state index contributed by atoms with van der Waals surface area (Å²) < 4.78 is 0. The summed E-state index contributed by atoms with van der Waals surface area (Å²) >= 11 is 0. The van der Waals surface area contributed by atoms with Crippen molar-refractivity contribution in [2.24, 2.45) is 0 Å². The van der Waals surface area contributed by atoms with Gasteiger partial charge in [0, 0.05) is 6.08 Å². The average molecular weight is 333 g/mol. The molecule has 1 aliphatic heterocycles. The first-order valence-electron chi connectivity index (χ1n) is 6.98. The average Bonchev–Trinajstić information content (AvgIpc) is 2.81. The molecule has 0 spiro atoms. The Kier molecular flexibility index (Phi) is 5.27. The number of aliphatic carboxylic acids is 1. The molecule has 1 aromatic carbocycles. The van der Waals surface area contributed by atoms with E-state index in [2.05, 4.69) is 10.6 Å². The number of nitrogens with zero attached hydrogens (tertiary/aromatic N) is 1. The Morgan fingerprint density at radius 3 is 2.54 bits per heavy atom. The van der Waals surface area contributed by atoms with Crippen LogP contribution in [-0.4, -0.2) is 58.5 Å². The Morgan fingerprint density at radius 2 is 1.88 bits per heavy atom. The summed E-state index contributed by atoms with van der Waals surface area (Å²) in [6.07, 6.45) is 1.07. The number of nitrogens with one attached hydrogen (secondary N) is 2. The van der Waals surface area contributed by atoms with E-state index in [1.54, 1.807) is 12.1 Å². The van der Waals surface area contributed by atoms with E-state index in [-0.39, 0.29) is 30.1 Å². The number of aliphatic hydroxyl groups excluding tert-OH is 1. The molecule has 0 aliphatic carbocycles. The van der Waals surface area contributed by atoms with Crippen LogP contribution < -0.4 is 10.6 Å². The van der Waals surface area contributed by atoms with Gasteiger partial charge in [0.2, 0.25) is 0 Å². The van der Waals surface area contributed by atoms with Gasteiger partial charge in [-0.2, -0.15) is 0 Å². The molecule has 24 heavy (non-hydrogen) atoms. The summed E-state index contributed by atoms with van der Waals surface area (Å²) in [7, 11) is 0. The highest BCUT2D eigenvalue weighted by molar-refractivity contribution is 6.18. The van der Waals surface area contributed by atoms with E-state index in [0.29, 0.717) is 0 Å². The molecule has 126 valence electrons. The van der Waals surface area contributed by atoms with Crippen molar-refractivity contribution in [3.63, 3.8) is 0 Å². The minimum Gasteiger partial charge on any atom is -0.480 e. The van der Waals surface area contributed by atoms with Gasteiger partial charge in [-0.15, -0.1) is 0 Å². The molecule has 0 fully saturated rings. The minimum absolute atomic E-state index is 0.0352. The molecular weight excluding hydrogens is 318 g/mol. The fraction of sp³-hybridized carbons (Fsp3) is 0.200. The van der Waals surface area contributed by atoms with Gasteiger partial charge in [-0.3, -0.25) is 24.1 Å². The highest BCUT2D eigenvalue weighted by atomic mass is 16.4. The van der Waals surface area contributed by atoms with Gasteiger partial charge in [0.05, 0.1) is 24.4 Å². The maximum atomic E-state index is 12.1. The maximum absolute atomic E-state index is 12.1. The summed E-state index contributed by atoms with van der Waals surface area (Å²) in [5, 5.41) is 22.4. The molecule has 4 N–H and O–H groups in total. The Balaban J connectivity index is 2.18. The van der Waals surface area contributed by atoms with Crippen molar-refractivity contribution < 1.29 is 29.4 Å². The molecule has 0 unspecified atom stereocenters. The van der Waals surface area contributed by atoms with Gasteiger partial charge >= 0.3 is 5.97 Å². The van der Waals surface area contributed by atoms with Crippen LogP contribution in [0.3, 0.4) is 0 Å². The van der Waals surface area contributed by atoms with Crippen molar-refractivity contribution in [3.8, 4) is 0 Å². The molecule has 3 amide bonds. The van der Waals surface area contributed by atoms with E-state index < -0.39 is 30.2 Å². The SMILES string of the molecule is O=C(O)CNC(=O)c1ccccc1NC1=CC(=O)N(CCO)C1=O. The van der Waals surface area contributed by atoms with Crippen LogP contribution in [0.4, 0.5) is 5.69 Å². The second-order valence-corrected chi connectivity index (χ2v) is 4.82. The van der Waals surface area contributed by atoms with Crippen molar-refractivity contribution >= 4 is 29.4 Å². The highest BCUT2D eigenvalue weighted by Gasteiger charge is 2.31. The molecule has 1 heterocycles. The minimum atomic E-state index is -1.19. The number of β-amino-alcohol motifs (C(OH)–C–C–N with tert-alkyl or cyclic N) is 1. The number of hydrogen-bond donors (Lipinski definition) is 4. The monoisotopic (exact) mass is 333 g/mol. The predicted molar refractivity (Wildman–Crippen MR) is 81.9 cm³/mol. The quantitative estimate of drug-likeness (QED) is 0.478. The molecule has 1 aromatic rings. The van der Waals surface area contributed by atoms with Crippen molar-refractivity contribution in [3.05, 3.63) is 41.6 Å². The number of benzene rings is 1. The summed E-state index contributed by atoms with van der Waals surface area (Å²) in [4.78, 5) is 47.2. The van der Waals surface area contributed by atoms with Crippen LogP contribution in [0.1, 0.15) is 10.4 Å². The molecule has 9 heteroatoms. The van der Waals surface area contributed by atoms with Gasteiger partial charge in [0.1, 0.15) is 12.2 Å². The molecule has 0 bridgehead atoms. The van der Waals surface area contributed by atoms with Crippen molar-refractivity contribution in [1.82, 2.24) is 10.2 Å². The molecule has 0 radical (unpaired) electrons. The fourth-order valence-corrected chi connectivity index (χ4v) is 2.10. The predicted octanol–water partition coefficient (Wildman–Crippen LogP) is -0.842. The Morgan fingerprint density at radius 1 is 1.17 bits per heavy atom. The number of para-hydroxylation sites is 1. The number of imide groups is 1. The largest absolute Gasteiger partial charge is 0.480 e. The van der Waals surface area contributed by atoms with Crippen LogP contribution in [0.25, 0.3) is 0 Å². The number of aliphatic hydroxyl groups is 1. The first-order chi connectivity index (χ1) is 11.4. The van der Waals surface area contributed by atoms with Crippen molar-refractivity contribution in [2.45, 2.75) is 0 Å². The lowest BCUT2D eigenvalue weighted by molar-refractivity contribution is -0.138. The lowest BCUT2D eigenvalue weighted by Gasteiger charge is -2.15. The number of carbonyl (C=O) groups is 4. The zero-order valence-corrected chi connectivity index (χ0v) is 12.5. The number of anilines is 1. The van der Waals surface area contributed by atoms with Crippen LogP contribution in [0.15, 0.2) is 36.0 Å². The molecular formula is C15H15N3O6. The first kappa shape index (κ1) is 17.2. The molecule has 1 aliphatic rings. The zero-order chi connectivity index (χ0) is 17.7. The van der Waals surface area contributed by atoms with Crippen molar-refractivity contribution in [1.29, 1.82) is 0 Å². The summed E-state index contributed by atoms with van der Waals surface area (Å²) in [5.74, 6) is -3.00. The van der Waals surface area contributed by atoms with E-state index in [0.717, 1.165) is 11.0 Å². The summed E-state index contributed by atoms with van der Waals surface area (Å²) in [6.45, 7) is -1.02. The summed E-state index contributed by atoms with van der Waals surface area (Å²) in [5.41, 5.74) is 0.339. The van der Waals surface area contributed by atoms with Gasteiger partial charge in [-0.05, 0) is 12.1 Å². The van der Waals surface area contributed by atoms with Crippen LogP contribution in [0, 0.1) is 0 Å². The van der Waals surface area contributed by atoms with Gasteiger partial charge < -0.3 is 20.8 Å². The van der Waals surface area contributed by atoms with Crippen LogP contribution in [-0.2, 0) is 14.4 Å². The second kappa shape index (κ2) is 7.38. The maximum Gasteiger partial charge on any atom is 0.322 e. The number of carboxylic acid groups (broad SMARTS) is 1. The molecule has 0 saturated carbocycles. The lowest BCUT2D eigenvalue weighted by Crippen LogP contribution is -2.34. The van der Waals surface area contributed by atoms with Gasteiger partial charge in [0.15, 0.2) is 0 Å². The smallest absolute Gasteiger partial charge is 0.322 e. The fourth-order valence-electron chi connectivity index (χ4n) is 2.10. The van der Waals surface area contributed by atoms with Crippen LogP contribution >= 0.6 is 0 Å². The van der Waals surface area contributed by atoms with E-state index in [1.807, 2.05) is 0 Å². The van der Waals surface area contributed by atoms with Crippen molar-refractivity contribution in [2.75, 3.05) is 25.0 Å². The number of hydrogen-bond acceptors (Lipinski definition) is 6. The van der Waals surface area contributed by atoms with E-state index >= 15 is 0 Å². The van der Waals surface area contributed by atoms with E-state index in [9.17, 15) is 19.2 Å². The third-order valence-corrected chi connectivity index (χ3v) is 3.17. The normalized spacial score (nSPS) is 13.7.